The van der Waals surface area contributed by atoms with E-state index in [0.29, 0.717) is 6.61 Å². The second-order valence-electron chi connectivity index (χ2n) is 4.72. The first-order valence-electron chi connectivity index (χ1n) is 6.50. The number of aryl methyl sites for hydroxylation is 1. The van der Waals surface area contributed by atoms with Crippen LogP contribution in [0.2, 0.25) is 0 Å². The fourth-order valence-corrected chi connectivity index (χ4v) is 2.14. The van der Waals surface area contributed by atoms with Gasteiger partial charge in [0.15, 0.2) is 0 Å². The quantitative estimate of drug-likeness (QED) is 0.705. The third-order valence-electron chi connectivity index (χ3n) is 3.26. The molecule has 0 aliphatic carbocycles. The molecule has 0 fully saturated rings. The van der Waals surface area contributed by atoms with Crippen molar-refractivity contribution in [1.82, 2.24) is 0 Å². The van der Waals surface area contributed by atoms with Crippen LogP contribution >= 0.6 is 0 Å². The van der Waals surface area contributed by atoms with Crippen molar-refractivity contribution >= 4 is 11.0 Å². The molecule has 102 valence electrons. The molecule has 0 saturated carbocycles. The van der Waals surface area contributed by atoms with Gasteiger partial charge >= 0.3 is 0 Å². The SMILES string of the molecule is COc1ccc(OCc2coc3cc(C)ccc23)cc1. The molecule has 1 aromatic heterocycles. The van der Waals surface area contributed by atoms with Crippen molar-refractivity contribution in [3.63, 3.8) is 0 Å². The van der Waals surface area contributed by atoms with Crippen LogP contribution < -0.4 is 9.47 Å². The normalized spacial score (nSPS) is 10.7. The topological polar surface area (TPSA) is 31.6 Å². The molecular formula is C17H16O3. The molecule has 0 saturated heterocycles. The lowest BCUT2D eigenvalue weighted by molar-refractivity contribution is 0.305. The lowest BCUT2D eigenvalue weighted by Crippen LogP contribution is -1.94. The van der Waals surface area contributed by atoms with Crippen molar-refractivity contribution < 1.29 is 13.9 Å². The van der Waals surface area contributed by atoms with Crippen LogP contribution in [0, 0.1) is 6.92 Å². The Morgan fingerprint density at radius 1 is 1.00 bits per heavy atom. The molecule has 2 aromatic carbocycles. The smallest absolute Gasteiger partial charge is 0.134 e. The van der Waals surface area contributed by atoms with Gasteiger partial charge in [0.1, 0.15) is 23.7 Å². The summed E-state index contributed by atoms with van der Waals surface area (Å²) >= 11 is 0. The van der Waals surface area contributed by atoms with Gasteiger partial charge in [0.05, 0.1) is 13.4 Å². The van der Waals surface area contributed by atoms with Crippen molar-refractivity contribution in [2.45, 2.75) is 13.5 Å². The van der Waals surface area contributed by atoms with E-state index in [1.54, 1.807) is 13.4 Å². The Hall–Kier alpha value is -2.42. The molecule has 3 rings (SSSR count). The van der Waals surface area contributed by atoms with E-state index < -0.39 is 0 Å². The second kappa shape index (κ2) is 5.29. The van der Waals surface area contributed by atoms with Gasteiger partial charge in [-0.3, -0.25) is 0 Å². The van der Waals surface area contributed by atoms with Gasteiger partial charge in [-0.1, -0.05) is 12.1 Å². The Kier molecular flexibility index (Phi) is 3.33. The van der Waals surface area contributed by atoms with Crippen molar-refractivity contribution in [1.29, 1.82) is 0 Å². The van der Waals surface area contributed by atoms with E-state index in [4.69, 9.17) is 13.9 Å². The predicted octanol–water partition coefficient (Wildman–Crippen LogP) is 4.33. The molecule has 3 nitrogen and oxygen atoms in total. The summed E-state index contributed by atoms with van der Waals surface area (Å²) in [6.07, 6.45) is 1.76. The number of benzene rings is 2. The molecule has 0 amide bonds. The van der Waals surface area contributed by atoms with Gasteiger partial charge in [0.25, 0.3) is 0 Å². The molecule has 0 bridgehead atoms. The van der Waals surface area contributed by atoms with Crippen LogP contribution in [0.3, 0.4) is 0 Å². The van der Waals surface area contributed by atoms with Crippen LogP contribution in [0.1, 0.15) is 11.1 Å². The maximum Gasteiger partial charge on any atom is 0.134 e. The van der Waals surface area contributed by atoms with E-state index in [2.05, 4.69) is 19.1 Å². The zero-order valence-electron chi connectivity index (χ0n) is 11.6. The molecule has 0 spiro atoms. The molecule has 0 atom stereocenters. The highest BCUT2D eigenvalue weighted by Crippen LogP contribution is 2.24. The minimum atomic E-state index is 0.488. The molecule has 0 aliphatic heterocycles. The van der Waals surface area contributed by atoms with Crippen LogP contribution in [0.4, 0.5) is 0 Å². The van der Waals surface area contributed by atoms with E-state index in [0.717, 1.165) is 28.0 Å². The van der Waals surface area contributed by atoms with E-state index in [1.165, 1.54) is 5.56 Å². The number of rotatable bonds is 4. The van der Waals surface area contributed by atoms with Gasteiger partial charge in [-0.05, 0) is 42.8 Å². The molecule has 3 heteroatoms. The van der Waals surface area contributed by atoms with Gasteiger partial charge in [-0.15, -0.1) is 0 Å². The third kappa shape index (κ3) is 2.48. The number of hydrogen-bond acceptors (Lipinski definition) is 3. The van der Waals surface area contributed by atoms with E-state index in [1.807, 2.05) is 30.3 Å². The standard InChI is InChI=1S/C17H16O3/c1-12-3-8-16-13(11-20-17(16)9-12)10-19-15-6-4-14(18-2)5-7-15/h3-9,11H,10H2,1-2H3. The Morgan fingerprint density at radius 2 is 1.75 bits per heavy atom. The van der Waals surface area contributed by atoms with Gasteiger partial charge in [0.2, 0.25) is 0 Å². The largest absolute Gasteiger partial charge is 0.497 e. The average molecular weight is 268 g/mol. The van der Waals surface area contributed by atoms with E-state index in [-0.39, 0.29) is 0 Å². The number of furan rings is 1. The van der Waals surface area contributed by atoms with Gasteiger partial charge in [-0.25, -0.2) is 0 Å². The first-order valence-corrected chi connectivity index (χ1v) is 6.50. The average Bonchev–Trinajstić information content (AvgIpc) is 2.88. The van der Waals surface area contributed by atoms with E-state index >= 15 is 0 Å². The Morgan fingerprint density at radius 3 is 2.50 bits per heavy atom. The Bertz CT molecular complexity index is 711. The molecule has 3 aromatic rings. The van der Waals surface area contributed by atoms with Crippen molar-refractivity contribution in [2.75, 3.05) is 7.11 Å². The molecule has 0 aliphatic rings. The van der Waals surface area contributed by atoms with Gasteiger partial charge < -0.3 is 13.9 Å². The number of methoxy groups -OCH3 is 1. The fraction of sp³-hybridized carbons (Fsp3) is 0.176. The first-order chi connectivity index (χ1) is 9.76. The summed E-state index contributed by atoms with van der Waals surface area (Å²) in [6, 6.07) is 13.7. The maximum atomic E-state index is 5.77. The summed E-state index contributed by atoms with van der Waals surface area (Å²) in [7, 11) is 1.65. The summed E-state index contributed by atoms with van der Waals surface area (Å²) in [6.45, 7) is 2.54. The highest BCUT2D eigenvalue weighted by molar-refractivity contribution is 5.81. The van der Waals surface area contributed by atoms with Crippen LogP contribution in [-0.2, 0) is 6.61 Å². The Labute approximate surface area is 117 Å². The van der Waals surface area contributed by atoms with Crippen molar-refractivity contribution in [2.24, 2.45) is 0 Å². The summed E-state index contributed by atoms with van der Waals surface area (Å²) in [5, 5.41) is 1.10. The van der Waals surface area contributed by atoms with Crippen LogP contribution in [-0.4, -0.2) is 7.11 Å². The lowest BCUT2D eigenvalue weighted by atomic mass is 10.1. The summed E-state index contributed by atoms with van der Waals surface area (Å²) in [5.74, 6) is 1.63. The zero-order valence-corrected chi connectivity index (χ0v) is 11.6. The van der Waals surface area contributed by atoms with E-state index in [9.17, 15) is 0 Å². The van der Waals surface area contributed by atoms with Crippen LogP contribution in [0.5, 0.6) is 11.5 Å². The van der Waals surface area contributed by atoms with Gasteiger partial charge in [0, 0.05) is 10.9 Å². The van der Waals surface area contributed by atoms with Gasteiger partial charge in [-0.2, -0.15) is 0 Å². The fourth-order valence-electron chi connectivity index (χ4n) is 2.14. The van der Waals surface area contributed by atoms with Crippen molar-refractivity contribution in [3.05, 3.63) is 59.9 Å². The maximum absolute atomic E-state index is 5.77. The summed E-state index contributed by atoms with van der Waals surface area (Å²) in [4.78, 5) is 0. The number of ether oxygens (including phenoxy) is 2. The van der Waals surface area contributed by atoms with Crippen LogP contribution in [0.15, 0.2) is 53.1 Å². The number of hydrogen-bond donors (Lipinski definition) is 0. The van der Waals surface area contributed by atoms with Crippen molar-refractivity contribution in [3.8, 4) is 11.5 Å². The Balaban J connectivity index is 1.76. The molecule has 0 radical (unpaired) electrons. The molecule has 1 heterocycles. The molecule has 0 unspecified atom stereocenters. The minimum absolute atomic E-state index is 0.488. The second-order valence-corrected chi connectivity index (χ2v) is 4.72. The zero-order chi connectivity index (χ0) is 13.9. The monoisotopic (exact) mass is 268 g/mol. The minimum Gasteiger partial charge on any atom is -0.497 e. The molecule has 0 N–H and O–H groups in total. The summed E-state index contributed by atoms with van der Waals surface area (Å²) < 4.78 is 16.4. The summed E-state index contributed by atoms with van der Waals surface area (Å²) in [5.41, 5.74) is 3.14. The molecular weight excluding hydrogens is 252 g/mol. The predicted molar refractivity (Wildman–Crippen MR) is 78.3 cm³/mol. The lowest BCUT2D eigenvalue weighted by Gasteiger charge is -2.06. The third-order valence-corrected chi connectivity index (χ3v) is 3.26. The highest BCUT2D eigenvalue weighted by atomic mass is 16.5. The number of fused-ring (bicyclic) bond motifs is 1. The molecule has 20 heavy (non-hydrogen) atoms. The highest BCUT2D eigenvalue weighted by Gasteiger charge is 2.06. The van der Waals surface area contributed by atoms with Crippen LogP contribution in [0.25, 0.3) is 11.0 Å². The first kappa shape index (κ1) is 12.6.